The summed E-state index contributed by atoms with van der Waals surface area (Å²) in [5.74, 6) is -0.676. The average molecular weight is 386 g/mol. The molecule has 0 radical (unpaired) electrons. The molecule has 1 aromatic heterocycles. The Hall–Kier alpha value is -3.60. The fraction of sp³-hybridized carbons (Fsp3) is 0.167. The molecule has 1 heterocycles. The Morgan fingerprint density at radius 3 is 2.34 bits per heavy atom. The topological polar surface area (TPSA) is 64.2 Å². The van der Waals surface area contributed by atoms with Crippen molar-refractivity contribution in [3.05, 3.63) is 95.0 Å². The summed E-state index contributed by atoms with van der Waals surface area (Å²) in [6.07, 6.45) is 2.75. The number of oxazole rings is 1. The van der Waals surface area contributed by atoms with Gasteiger partial charge < -0.3 is 9.73 Å². The number of hydrogen-bond acceptors (Lipinski definition) is 3. The number of unbranched alkanes of at least 4 members (excludes halogenated alkanes) is 1. The first kappa shape index (κ1) is 18.7. The summed E-state index contributed by atoms with van der Waals surface area (Å²) in [7, 11) is 0. The number of amides is 1. The zero-order chi connectivity index (χ0) is 20.1. The molecule has 0 spiro atoms. The lowest BCUT2D eigenvalue weighted by molar-refractivity contribution is 0.241. The summed E-state index contributed by atoms with van der Waals surface area (Å²) in [6, 6.07) is 24.8. The number of nitrogens with one attached hydrogen (secondary N) is 1. The van der Waals surface area contributed by atoms with Crippen LogP contribution < -0.4 is 11.1 Å². The van der Waals surface area contributed by atoms with Gasteiger partial charge in [0.25, 0.3) is 0 Å². The van der Waals surface area contributed by atoms with E-state index in [1.165, 1.54) is 5.56 Å². The zero-order valence-electron chi connectivity index (χ0n) is 16.0. The van der Waals surface area contributed by atoms with Gasteiger partial charge in [-0.2, -0.15) is 4.57 Å². The Labute approximate surface area is 168 Å². The molecule has 0 bridgehead atoms. The first-order valence-corrected chi connectivity index (χ1v) is 9.76. The van der Waals surface area contributed by atoms with Crippen LogP contribution in [0.15, 0.2) is 88.1 Å². The molecule has 0 aliphatic rings. The Bertz CT molecular complexity index is 1160. The maximum Gasteiger partial charge on any atom is 0.428 e. The number of rotatable bonds is 6. The summed E-state index contributed by atoms with van der Waals surface area (Å²) >= 11 is 0. The molecule has 0 aliphatic heterocycles. The minimum Gasteiger partial charge on any atom is -0.407 e. The molecule has 0 fully saturated rings. The molecule has 0 unspecified atom stereocenters. The third-order valence-electron chi connectivity index (χ3n) is 4.90. The minimum atomic E-state index is -0.676. The van der Waals surface area contributed by atoms with Gasteiger partial charge in [0.2, 0.25) is 0 Å². The molecule has 4 rings (SSSR count). The predicted molar refractivity (Wildman–Crippen MR) is 114 cm³/mol. The van der Waals surface area contributed by atoms with Gasteiger partial charge in [-0.25, -0.2) is 9.59 Å². The molecule has 29 heavy (non-hydrogen) atoms. The van der Waals surface area contributed by atoms with Crippen LogP contribution >= 0.6 is 0 Å². The van der Waals surface area contributed by atoms with Crippen LogP contribution in [0, 0.1) is 0 Å². The van der Waals surface area contributed by atoms with Gasteiger partial charge in [-0.1, -0.05) is 72.8 Å². The van der Waals surface area contributed by atoms with E-state index in [4.69, 9.17) is 4.42 Å². The summed E-state index contributed by atoms with van der Waals surface area (Å²) in [5.41, 5.74) is 3.88. The minimum absolute atomic E-state index is 0.399. The normalized spacial score (nSPS) is 10.9. The van der Waals surface area contributed by atoms with Gasteiger partial charge in [0.15, 0.2) is 5.58 Å². The van der Waals surface area contributed by atoms with E-state index in [0.29, 0.717) is 17.6 Å². The van der Waals surface area contributed by atoms with Gasteiger partial charge >= 0.3 is 11.8 Å². The average Bonchev–Trinajstić information content (AvgIpc) is 3.10. The van der Waals surface area contributed by atoms with E-state index in [1.54, 1.807) is 6.07 Å². The molecule has 3 aromatic carbocycles. The number of carbonyl (C=O) groups is 1. The molecular weight excluding hydrogens is 364 g/mol. The lowest BCUT2D eigenvalue weighted by Crippen LogP contribution is -2.34. The number of aryl methyl sites for hydroxylation is 1. The number of hydrogen-bond donors (Lipinski definition) is 1. The Morgan fingerprint density at radius 1 is 0.862 bits per heavy atom. The molecule has 0 atom stereocenters. The van der Waals surface area contributed by atoms with E-state index in [-0.39, 0.29) is 0 Å². The Balaban J connectivity index is 1.49. The van der Waals surface area contributed by atoms with Gasteiger partial charge in [0.1, 0.15) is 5.52 Å². The van der Waals surface area contributed by atoms with Crippen molar-refractivity contribution in [2.24, 2.45) is 0 Å². The monoisotopic (exact) mass is 386 g/mol. The molecule has 4 aromatic rings. The van der Waals surface area contributed by atoms with Crippen LogP contribution in [0.25, 0.3) is 22.2 Å². The fourth-order valence-electron chi connectivity index (χ4n) is 3.47. The lowest BCUT2D eigenvalue weighted by atomic mass is 10.0. The van der Waals surface area contributed by atoms with Crippen LogP contribution in [0.2, 0.25) is 0 Å². The van der Waals surface area contributed by atoms with Gasteiger partial charge in [-0.05, 0) is 36.5 Å². The number of nitrogens with zero attached hydrogens (tertiary/aromatic N) is 1. The van der Waals surface area contributed by atoms with Crippen molar-refractivity contribution in [2.45, 2.75) is 19.3 Å². The largest absolute Gasteiger partial charge is 0.428 e. The van der Waals surface area contributed by atoms with Crippen LogP contribution in [-0.4, -0.2) is 17.1 Å². The maximum absolute atomic E-state index is 12.7. The van der Waals surface area contributed by atoms with Gasteiger partial charge in [0, 0.05) is 12.1 Å². The van der Waals surface area contributed by atoms with Crippen molar-refractivity contribution in [2.75, 3.05) is 6.54 Å². The van der Waals surface area contributed by atoms with Crippen LogP contribution in [-0.2, 0) is 6.42 Å². The third-order valence-corrected chi connectivity index (χ3v) is 4.90. The molecule has 1 N–H and O–H groups in total. The van der Waals surface area contributed by atoms with Crippen LogP contribution in [0.5, 0.6) is 0 Å². The molecular formula is C24H22N2O3. The first-order valence-electron chi connectivity index (χ1n) is 9.76. The summed E-state index contributed by atoms with van der Waals surface area (Å²) < 4.78 is 6.41. The number of fused-ring (bicyclic) bond motifs is 1. The van der Waals surface area contributed by atoms with Crippen LogP contribution in [0.1, 0.15) is 18.4 Å². The van der Waals surface area contributed by atoms with Crippen molar-refractivity contribution in [3.63, 3.8) is 0 Å². The molecule has 1 amide bonds. The number of carbonyl (C=O) groups excluding carboxylic acids is 1. The summed E-state index contributed by atoms with van der Waals surface area (Å²) in [6.45, 7) is 0.498. The Kier molecular flexibility index (Phi) is 5.56. The zero-order valence-corrected chi connectivity index (χ0v) is 16.0. The second kappa shape index (κ2) is 8.61. The van der Waals surface area contributed by atoms with E-state index in [0.717, 1.165) is 35.0 Å². The van der Waals surface area contributed by atoms with Crippen LogP contribution in [0.4, 0.5) is 4.79 Å². The first-order chi connectivity index (χ1) is 14.2. The number of para-hydroxylation sites is 1. The summed E-state index contributed by atoms with van der Waals surface area (Å²) in [5, 5.41) is 2.85. The lowest BCUT2D eigenvalue weighted by Gasteiger charge is -2.08. The van der Waals surface area contributed by atoms with Crippen molar-refractivity contribution in [1.29, 1.82) is 0 Å². The van der Waals surface area contributed by atoms with E-state index in [9.17, 15) is 9.59 Å². The number of aromatic nitrogens is 1. The highest BCUT2D eigenvalue weighted by molar-refractivity contribution is 5.97. The smallest absolute Gasteiger partial charge is 0.407 e. The third kappa shape index (κ3) is 4.14. The predicted octanol–water partition coefficient (Wildman–Crippen LogP) is 4.84. The van der Waals surface area contributed by atoms with Gasteiger partial charge in [-0.15, -0.1) is 0 Å². The SMILES string of the molecule is O=C(NCCCCc1ccccc1)n1c(=O)oc2cccc(-c3ccccc3)c21. The quantitative estimate of drug-likeness (QED) is 0.482. The van der Waals surface area contributed by atoms with E-state index < -0.39 is 11.8 Å². The van der Waals surface area contributed by atoms with Crippen molar-refractivity contribution in [3.8, 4) is 11.1 Å². The molecule has 0 aliphatic carbocycles. The number of benzene rings is 3. The highest BCUT2D eigenvalue weighted by Crippen LogP contribution is 2.27. The molecule has 0 saturated heterocycles. The van der Waals surface area contributed by atoms with Crippen molar-refractivity contribution in [1.82, 2.24) is 9.88 Å². The van der Waals surface area contributed by atoms with Gasteiger partial charge in [-0.3, -0.25) is 0 Å². The maximum atomic E-state index is 12.7. The van der Waals surface area contributed by atoms with E-state index in [1.807, 2.05) is 60.7 Å². The van der Waals surface area contributed by atoms with Crippen molar-refractivity contribution < 1.29 is 9.21 Å². The second-order valence-electron chi connectivity index (χ2n) is 6.90. The molecule has 5 heteroatoms. The summed E-state index contributed by atoms with van der Waals surface area (Å²) in [4.78, 5) is 25.1. The van der Waals surface area contributed by atoms with Crippen LogP contribution in [0.3, 0.4) is 0 Å². The molecule has 146 valence electrons. The van der Waals surface area contributed by atoms with Gasteiger partial charge in [0.05, 0.1) is 0 Å². The van der Waals surface area contributed by atoms with Crippen molar-refractivity contribution >= 4 is 17.1 Å². The fourth-order valence-corrected chi connectivity index (χ4v) is 3.47. The standard InChI is InChI=1S/C24H22N2O3/c27-23(25-17-8-7-12-18-10-3-1-4-11-18)26-22-20(19-13-5-2-6-14-19)15-9-16-21(22)29-24(26)28/h1-6,9-11,13-16H,7-8,12,17H2,(H,25,27). The molecule has 0 saturated carbocycles. The van der Waals surface area contributed by atoms with E-state index >= 15 is 0 Å². The highest BCUT2D eigenvalue weighted by Gasteiger charge is 2.19. The highest BCUT2D eigenvalue weighted by atomic mass is 16.4. The second-order valence-corrected chi connectivity index (χ2v) is 6.90. The Morgan fingerprint density at radius 2 is 1.59 bits per heavy atom. The molecule has 5 nitrogen and oxygen atoms in total. The van der Waals surface area contributed by atoms with E-state index in [2.05, 4.69) is 17.4 Å².